The highest BCUT2D eigenvalue weighted by Crippen LogP contribution is 2.41. The fourth-order valence-electron chi connectivity index (χ4n) is 2.49. The predicted octanol–water partition coefficient (Wildman–Crippen LogP) is 5.09. The van der Waals surface area contributed by atoms with E-state index in [1.54, 1.807) is 24.1 Å². The van der Waals surface area contributed by atoms with Crippen LogP contribution < -0.4 is 0 Å². The van der Waals surface area contributed by atoms with Crippen molar-refractivity contribution in [2.45, 2.75) is 26.7 Å². The SMILES string of the molecule is C=C1c2cc(F)cc(C(F)F)c2N=C(CC)N1C(/C=C\C)=N/C. The van der Waals surface area contributed by atoms with Gasteiger partial charge in [-0.25, -0.2) is 18.2 Å². The molecule has 6 heteroatoms. The van der Waals surface area contributed by atoms with Crippen LogP contribution in [0.1, 0.15) is 37.8 Å². The van der Waals surface area contributed by atoms with Gasteiger partial charge in [0.25, 0.3) is 6.43 Å². The Balaban J connectivity index is 2.70. The van der Waals surface area contributed by atoms with E-state index in [1.165, 1.54) is 6.07 Å². The quantitative estimate of drug-likeness (QED) is 0.562. The lowest BCUT2D eigenvalue weighted by Gasteiger charge is -2.32. The van der Waals surface area contributed by atoms with Crippen molar-refractivity contribution in [2.24, 2.45) is 9.98 Å². The lowest BCUT2D eigenvalue weighted by molar-refractivity contribution is 0.151. The second-order valence-electron chi connectivity index (χ2n) is 4.94. The summed E-state index contributed by atoms with van der Waals surface area (Å²) in [6.45, 7) is 7.64. The molecule has 122 valence electrons. The van der Waals surface area contributed by atoms with Crippen LogP contribution >= 0.6 is 0 Å². The summed E-state index contributed by atoms with van der Waals surface area (Å²) < 4.78 is 40.2. The molecule has 0 fully saturated rings. The minimum atomic E-state index is -2.81. The molecule has 1 aliphatic rings. The average Bonchev–Trinajstić information content (AvgIpc) is 2.52. The molecule has 0 aromatic heterocycles. The summed E-state index contributed by atoms with van der Waals surface area (Å²) in [7, 11) is 1.61. The number of fused-ring (bicyclic) bond motifs is 1. The van der Waals surface area contributed by atoms with Crippen LogP contribution in [0.5, 0.6) is 0 Å². The molecule has 0 unspecified atom stereocenters. The van der Waals surface area contributed by atoms with Gasteiger partial charge in [0.2, 0.25) is 0 Å². The third-order valence-electron chi connectivity index (χ3n) is 3.51. The average molecular weight is 321 g/mol. The number of halogens is 3. The summed E-state index contributed by atoms with van der Waals surface area (Å²) in [6.07, 6.45) is 1.24. The molecule has 0 spiro atoms. The highest BCUT2D eigenvalue weighted by Gasteiger charge is 2.29. The van der Waals surface area contributed by atoms with E-state index >= 15 is 0 Å². The Bertz CT molecular complexity index is 718. The summed E-state index contributed by atoms with van der Waals surface area (Å²) in [5.74, 6) is 0.359. The van der Waals surface area contributed by atoms with E-state index in [2.05, 4.69) is 16.6 Å². The van der Waals surface area contributed by atoms with Gasteiger partial charge in [0.05, 0.1) is 11.4 Å². The fraction of sp³-hybridized carbons (Fsp3) is 0.294. The summed E-state index contributed by atoms with van der Waals surface area (Å²) in [5.41, 5.74) is 0.290. The van der Waals surface area contributed by atoms with Gasteiger partial charge in [0.1, 0.15) is 17.5 Å². The third kappa shape index (κ3) is 3.06. The summed E-state index contributed by atoms with van der Waals surface area (Å²) >= 11 is 0. The van der Waals surface area contributed by atoms with Crippen LogP contribution in [0.25, 0.3) is 5.70 Å². The van der Waals surface area contributed by atoms with Crippen molar-refractivity contribution in [3.05, 3.63) is 47.8 Å². The Morgan fingerprint density at radius 2 is 2.13 bits per heavy atom. The number of benzene rings is 1. The number of rotatable bonds is 3. The van der Waals surface area contributed by atoms with E-state index in [9.17, 15) is 13.2 Å². The van der Waals surface area contributed by atoms with Gasteiger partial charge < -0.3 is 0 Å². The molecule has 23 heavy (non-hydrogen) atoms. The molecule has 1 aromatic carbocycles. The van der Waals surface area contributed by atoms with Gasteiger partial charge in [-0.1, -0.05) is 19.6 Å². The first-order chi connectivity index (χ1) is 10.9. The highest BCUT2D eigenvalue weighted by molar-refractivity contribution is 6.15. The molecule has 0 atom stereocenters. The fourth-order valence-corrected chi connectivity index (χ4v) is 2.49. The van der Waals surface area contributed by atoms with Crippen molar-refractivity contribution in [1.29, 1.82) is 0 Å². The van der Waals surface area contributed by atoms with Crippen molar-refractivity contribution < 1.29 is 13.2 Å². The summed E-state index contributed by atoms with van der Waals surface area (Å²) in [6, 6.07) is 2.00. The number of aliphatic imine (C=N–C) groups is 2. The Hall–Kier alpha value is -2.37. The second-order valence-corrected chi connectivity index (χ2v) is 4.94. The standard InChI is InChI=1S/C17H18F3N3/c1-5-7-15(21-4)23-10(3)12-8-11(18)9-13(17(19)20)16(12)22-14(23)6-2/h5,7-9,17H,3,6H2,1-2,4H3/b7-5-,21-15+. The lowest BCUT2D eigenvalue weighted by Crippen LogP contribution is -2.35. The zero-order valence-electron chi connectivity index (χ0n) is 13.3. The Morgan fingerprint density at radius 1 is 1.43 bits per heavy atom. The van der Waals surface area contributed by atoms with Crippen LogP contribution in [0.2, 0.25) is 0 Å². The molecule has 0 aliphatic carbocycles. The summed E-state index contributed by atoms with van der Waals surface area (Å²) in [4.78, 5) is 10.2. The van der Waals surface area contributed by atoms with E-state index < -0.39 is 17.8 Å². The molecule has 0 N–H and O–H groups in total. The van der Waals surface area contributed by atoms with Crippen molar-refractivity contribution in [2.75, 3.05) is 7.05 Å². The lowest BCUT2D eigenvalue weighted by atomic mass is 10.0. The molecule has 0 amide bonds. The molecule has 0 bridgehead atoms. The molecule has 0 saturated heterocycles. The van der Waals surface area contributed by atoms with Gasteiger partial charge in [0, 0.05) is 24.6 Å². The van der Waals surface area contributed by atoms with Gasteiger partial charge in [-0.3, -0.25) is 9.89 Å². The van der Waals surface area contributed by atoms with Crippen molar-refractivity contribution in [3.63, 3.8) is 0 Å². The highest BCUT2D eigenvalue weighted by atomic mass is 19.3. The first-order valence-electron chi connectivity index (χ1n) is 7.22. The van der Waals surface area contributed by atoms with Gasteiger partial charge in [-0.2, -0.15) is 0 Å². The Kier molecular flexibility index (Phi) is 5.03. The van der Waals surface area contributed by atoms with Crippen LogP contribution in [0.15, 0.2) is 40.8 Å². The maximum atomic E-state index is 13.7. The number of allylic oxidation sites excluding steroid dienone is 1. The maximum Gasteiger partial charge on any atom is 0.266 e. The number of hydrogen-bond donors (Lipinski definition) is 0. The van der Waals surface area contributed by atoms with Crippen LogP contribution in [0.3, 0.4) is 0 Å². The van der Waals surface area contributed by atoms with E-state index in [-0.39, 0.29) is 11.3 Å². The van der Waals surface area contributed by atoms with Gasteiger partial charge in [-0.05, 0) is 25.1 Å². The summed E-state index contributed by atoms with van der Waals surface area (Å²) in [5, 5.41) is 0. The minimum Gasteiger partial charge on any atom is -0.283 e. The van der Waals surface area contributed by atoms with Crippen molar-refractivity contribution >= 4 is 23.1 Å². The normalized spacial score (nSPS) is 15.4. The van der Waals surface area contributed by atoms with Crippen LogP contribution in [0, 0.1) is 5.82 Å². The van der Waals surface area contributed by atoms with Crippen molar-refractivity contribution in [1.82, 2.24) is 4.90 Å². The molecule has 2 rings (SSSR count). The van der Waals surface area contributed by atoms with E-state index in [1.807, 2.05) is 13.8 Å². The zero-order chi connectivity index (χ0) is 17.1. The first-order valence-corrected chi connectivity index (χ1v) is 7.22. The number of alkyl halides is 2. The largest absolute Gasteiger partial charge is 0.283 e. The Morgan fingerprint density at radius 3 is 2.65 bits per heavy atom. The van der Waals surface area contributed by atoms with Crippen LogP contribution in [-0.4, -0.2) is 23.6 Å². The molecule has 1 heterocycles. The monoisotopic (exact) mass is 321 g/mol. The van der Waals surface area contributed by atoms with Crippen LogP contribution in [-0.2, 0) is 0 Å². The number of nitrogens with zero attached hydrogens (tertiary/aromatic N) is 3. The zero-order valence-corrected chi connectivity index (χ0v) is 13.3. The predicted molar refractivity (Wildman–Crippen MR) is 87.8 cm³/mol. The molecule has 0 saturated carbocycles. The van der Waals surface area contributed by atoms with E-state index in [0.29, 0.717) is 23.8 Å². The smallest absolute Gasteiger partial charge is 0.266 e. The molecule has 0 radical (unpaired) electrons. The first kappa shape index (κ1) is 17.0. The van der Waals surface area contributed by atoms with Crippen LogP contribution in [0.4, 0.5) is 18.9 Å². The molecule has 1 aliphatic heterocycles. The van der Waals surface area contributed by atoms with Gasteiger partial charge in [0.15, 0.2) is 0 Å². The second kappa shape index (κ2) is 6.81. The van der Waals surface area contributed by atoms with Gasteiger partial charge in [-0.15, -0.1) is 0 Å². The van der Waals surface area contributed by atoms with Gasteiger partial charge >= 0.3 is 0 Å². The Labute approximate surface area is 133 Å². The third-order valence-corrected chi connectivity index (χ3v) is 3.51. The van der Waals surface area contributed by atoms with Crippen molar-refractivity contribution in [3.8, 4) is 0 Å². The topological polar surface area (TPSA) is 28.0 Å². The maximum absolute atomic E-state index is 13.7. The molecule has 3 nitrogen and oxygen atoms in total. The molecule has 1 aromatic rings. The number of hydrogen-bond acceptors (Lipinski definition) is 2. The molecular formula is C17H18F3N3. The number of amidine groups is 2. The minimum absolute atomic E-state index is 0.0791. The molecular weight excluding hydrogens is 303 g/mol. The van der Waals surface area contributed by atoms with E-state index in [4.69, 9.17) is 0 Å². The van der Waals surface area contributed by atoms with E-state index in [0.717, 1.165) is 6.07 Å².